The quantitative estimate of drug-likeness (QED) is 0.732. The summed E-state index contributed by atoms with van der Waals surface area (Å²) in [5, 5.41) is 0. The highest BCUT2D eigenvalue weighted by atomic mass is 79.9. The van der Waals surface area contributed by atoms with Crippen LogP contribution in [-0.4, -0.2) is 79.4 Å². The summed E-state index contributed by atoms with van der Waals surface area (Å²) in [5.41, 5.74) is 0. The van der Waals surface area contributed by atoms with E-state index in [1.807, 2.05) is 19.0 Å². The molecule has 1 fully saturated rings. The molecule has 1 heterocycles. The fourth-order valence-corrected chi connectivity index (χ4v) is 3.06. The lowest BCUT2D eigenvalue weighted by Crippen LogP contribution is -2.54. The lowest BCUT2D eigenvalue weighted by molar-refractivity contribution is -0.144. The van der Waals surface area contributed by atoms with Gasteiger partial charge in [-0.15, -0.1) is 0 Å². The third-order valence-electron chi connectivity index (χ3n) is 3.94. The van der Waals surface area contributed by atoms with Gasteiger partial charge in [-0.25, -0.2) is 4.39 Å². The molecule has 0 spiro atoms. The number of carbonyl (C=O) groups is 2. The van der Waals surface area contributed by atoms with Crippen molar-refractivity contribution in [2.24, 2.45) is 0 Å². The lowest BCUT2D eigenvalue weighted by Gasteiger charge is -2.36. The van der Waals surface area contributed by atoms with Gasteiger partial charge in [-0.3, -0.25) is 9.59 Å². The average molecular weight is 416 g/mol. The smallest absolute Gasteiger partial charge is 0.263 e. The first-order valence-corrected chi connectivity index (χ1v) is 8.90. The monoisotopic (exact) mass is 415 g/mol. The Bertz CT molecular complexity index is 634. The minimum atomic E-state index is -0.689. The molecule has 25 heavy (non-hydrogen) atoms. The van der Waals surface area contributed by atoms with Gasteiger partial charge in [-0.05, 0) is 55.1 Å². The molecule has 2 amide bonds. The second-order valence-electron chi connectivity index (χ2n) is 6.28. The zero-order valence-electron chi connectivity index (χ0n) is 14.7. The van der Waals surface area contributed by atoms with E-state index in [4.69, 9.17) is 4.74 Å². The zero-order chi connectivity index (χ0) is 18.6. The molecule has 0 saturated carbocycles. The Morgan fingerprint density at radius 2 is 1.84 bits per heavy atom. The molecule has 1 saturated heterocycles. The number of likely N-dealkylation sites (N-methyl/N-ethyl adjacent to an activating group) is 1. The largest absolute Gasteiger partial charge is 0.480 e. The van der Waals surface area contributed by atoms with Crippen LogP contribution in [0.2, 0.25) is 0 Å². The number of halogens is 2. The van der Waals surface area contributed by atoms with Crippen molar-refractivity contribution in [2.45, 2.75) is 13.0 Å². The molecular formula is C17H23BrFN3O3. The van der Waals surface area contributed by atoms with Crippen LogP contribution in [-0.2, 0) is 9.59 Å². The molecule has 1 aromatic carbocycles. The van der Waals surface area contributed by atoms with Crippen molar-refractivity contribution in [1.82, 2.24) is 14.7 Å². The van der Waals surface area contributed by atoms with Gasteiger partial charge in [0.1, 0.15) is 11.6 Å². The van der Waals surface area contributed by atoms with Crippen LogP contribution in [0.25, 0.3) is 0 Å². The Labute approximate surface area is 155 Å². The third-order valence-corrected chi connectivity index (χ3v) is 4.56. The second-order valence-corrected chi connectivity index (χ2v) is 7.13. The lowest BCUT2D eigenvalue weighted by atomic mass is 10.2. The van der Waals surface area contributed by atoms with Crippen LogP contribution in [0.5, 0.6) is 5.75 Å². The SMILES string of the molecule is C[C@@H](Oc1ccc(F)cc1Br)C(=O)N1CCN(C(=O)CN(C)C)CC1. The first kappa shape index (κ1) is 19.7. The van der Waals surface area contributed by atoms with Crippen LogP contribution >= 0.6 is 15.9 Å². The van der Waals surface area contributed by atoms with E-state index < -0.39 is 6.10 Å². The highest BCUT2D eigenvalue weighted by molar-refractivity contribution is 9.10. The Morgan fingerprint density at radius 1 is 1.24 bits per heavy atom. The number of hydrogen-bond donors (Lipinski definition) is 0. The fraction of sp³-hybridized carbons (Fsp3) is 0.529. The molecule has 2 rings (SSSR count). The second kappa shape index (κ2) is 8.62. The topological polar surface area (TPSA) is 53.1 Å². The van der Waals surface area contributed by atoms with Gasteiger partial charge in [-0.2, -0.15) is 0 Å². The summed E-state index contributed by atoms with van der Waals surface area (Å²) in [5.74, 6) is -0.0358. The van der Waals surface area contributed by atoms with Crippen molar-refractivity contribution in [3.05, 3.63) is 28.5 Å². The van der Waals surface area contributed by atoms with E-state index in [2.05, 4.69) is 15.9 Å². The highest BCUT2D eigenvalue weighted by Crippen LogP contribution is 2.26. The summed E-state index contributed by atoms with van der Waals surface area (Å²) in [6, 6.07) is 4.06. The molecule has 0 N–H and O–H groups in total. The maximum Gasteiger partial charge on any atom is 0.263 e. The summed E-state index contributed by atoms with van der Waals surface area (Å²) >= 11 is 3.23. The van der Waals surface area contributed by atoms with Crippen molar-refractivity contribution in [1.29, 1.82) is 0 Å². The van der Waals surface area contributed by atoms with Crippen molar-refractivity contribution in [2.75, 3.05) is 46.8 Å². The molecule has 0 aromatic heterocycles. The molecular weight excluding hydrogens is 393 g/mol. The maximum absolute atomic E-state index is 13.1. The van der Waals surface area contributed by atoms with Crippen molar-refractivity contribution >= 4 is 27.7 Å². The van der Waals surface area contributed by atoms with Crippen molar-refractivity contribution in [3.63, 3.8) is 0 Å². The molecule has 6 nitrogen and oxygen atoms in total. The molecule has 0 aliphatic carbocycles. The van der Waals surface area contributed by atoms with Crippen LogP contribution in [0.15, 0.2) is 22.7 Å². The number of nitrogens with zero attached hydrogens (tertiary/aromatic N) is 3. The molecule has 138 valence electrons. The number of hydrogen-bond acceptors (Lipinski definition) is 4. The van der Waals surface area contributed by atoms with Crippen LogP contribution in [0.4, 0.5) is 4.39 Å². The molecule has 0 radical (unpaired) electrons. The molecule has 1 aliphatic heterocycles. The summed E-state index contributed by atoms with van der Waals surface area (Å²) < 4.78 is 19.2. The van der Waals surface area contributed by atoms with Gasteiger partial charge in [0.15, 0.2) is 6.10 Å². The number of benzene rings is 1. The van der Waals surface area contributed by atoms with Gasteiger partial charge in [-0.1, -0.05) is 0 Å². The average Bonchev–Trinajstić information content (AvgIpc) is 2.56. The van der Waals surface area contributed by atoms with Crippen molar-refractivity contribution < 1.29 is 18.7 Å². The standard InChI is InChI=1S/C17H23BrFN3O3/c1-12(25-15-5-4-13(19)10-14(15)18)17(24)22-8-6-21(7-9-22)16(23)11-20(2)3/h4-5,10,12H,6-9,11H2,1-3H3/t12-/m1/s1. The van der Waals surface area contributed by atoms with Gasteiger partial charge in [0.2, 0.25) is 5.91 Å². The molecule has 1 aliphatic rings. The number of rotatable bonds is 5. The van der Waals surface area contributed by atoms with Gasteiger partial charge >= 0.3 is 0 Å². The van der Waals surface area contributed by atoms with E-state index in [1.165, 1.54) is 18.2 Å². The Morgan fingerprint density at radius 3 is 2.40 bits per heavy atom. The van der Waals surface area contributed by atoms with E-state index in [1.54, 1.807) is 16.7 Å². The number of amides is 2. The van der Waals surface area contributed by atoms with Crippen LogP contribution < -0.4 is 4.74 Å². The summed E-state index contributed by atoms with van der Waals surface area (Å²) in [4.78, 5) is 29.9. The number of carbonyl (C=O) groups excluding carboxylic acids is 2. The summed E-state index contributed by atoms with van der Waals surface area (Å²) in [6.45, 7) is 4.04. The van der Waals surface area contributed by atoms with Gasteiger partial charge in [0.25, 0.3) is 5.91 Å². The normalized spacial score (nSPS) is 16.1. The summed E-state index contributed by atoms with van der Waals surface area (Å²) in [6.07, 6.45) is -0.689. The third kappa shape index (κ3) is 5.40. The van der Waals surface area contributed by atoms with Gasteiger partial charge < -0.3 is 19.4 Å². The molecule has 8 heteroatoms. The molecule has 1 atom stereocenters. The molecule has 1 aromatic rings. The zero-order valence-corrected chi connectivity index (χ0v) is 16.3. The first-order chi connectivity index (χ1) is 11.8. The molecule has 0 unspecified atom stereocenters. The van der Waals surface area contributed by atoms with Crippen LogP contribution in [0.1, 0.15) is 6.92 Å². The predicted octanol–water partition coefficient (Wildman–Crippen LogP) is 1.59. The number of ether oxygens (including phenoxy) is 1. The Hall–Kier alpha value is -1.67. The van der Waals surface area contributed by atoms with E-state index in [9.17, 15) is 14.0 Å². The number of piperazine rings is 1. The first-order valence-electron chi connectivity index (χ1n) is 8.11. The Kier molecular flexibility index (Phi) is 6.78. The predicted molar refractivity (Wildman–Crippen MR) is 95.9 cm³/mol. The van der Waals surface area contributed by atoms with E-state index in [0.717, 1.165) is 0 Å². The van der Waals surface area contributed by atoms with Gasteiger partial charge in [0, 0.05) is 26.2 Å². The maximum atomic E-state index is 13.1. The van der Waals surface area contributed by atoms with Crippen LogP contribution in [0, 0.1) is 5.82 Å². The fourth-order valence-electron chi connectivity index (χ4n) is 2.62. The highest BCUT2D eigenvalue weighted by Gasteiger charge is 2.28. The van der Waals surface area contributed by atoms with Gasteiger partial charge in [0.05, 0.1) is 11.0 Å². The minimum Gasteiger partial charge on any atom is -0.480 e. The van der Waals surface area contributed by atoms with E-state index in [0.29, 0.717) is 42.9 Å². The van der Waals surface area contributed by atoms with Crippen LogP contribution in [0.3, 0.4) is 0 Å². The summed E-state index contributed by atoms with van der Waals surface area (Å²) in [7, 11) is 3.70. The van der Waals surface area contributed by atoms with Crippen molar-refractivity contribution in [3.8, 4) is 5.75 Å². The van der Waals surface area contributed by atoms with E-state index in [-0.39, 0.29) is 17.6 Å². The molecule has 0 bridgehead atoms. The Balaban J connectivity index is 1.88. The minimum absolute atomic E-state index is 0.0663. The van der Waals surface area contributed by atoms with E-state index >= 15 is 0 Å².